The molecule has 0 spiro atoms. The molecule has 70 valence electrons. The third kappa shape index (κ3) is 1.17. The van der Waals surface area contributed by atoms with Crippen LogP contribution in [0.4, 0.5) is 5.69 Å². The van der Waals surface area contributed by atoms with E-state index in [1.165, 1.54) is 35.4 Å². The normalized spacial score (nSPS) is 18.6. The van der Waals surface area contributed by atoms with E-state index in [1.54, 1.807) is 0 Å². The van der Waals surface area contributed by atoms with Gasteiger partial charge in [0.1, 0.15) is 0 Å². The lowest BCUT2D eigenvalue weighted by atomic mass is 9.92. The quantitative estimate of drug-likeness (QED) is 0.651. The van der Waals surface area contributed by atoms with Crippen molar-refractivity contribution in [3.05, 3.63) is 53.3 Å². The molecule has 1 aliphatic heterocycles. The Kier molecular flexibility index (Phi) is 1.69. The summed E-state index contributed by atoms with van der Waals surface area (Å²) in [5.74, 6) is 0. The molecule has 1 nitrogen and oxygen atoms in total. The Morgan fingerprint density at radius 3 is 2.86 bits per heavy atom. The second-order valence-electron chi connectivity index (χ2n) is 3.88. The molecule has 2 aliphatic rings. The van der Waals surface area contributed by atoms with Gasteiger partial charge in [-0.2, -0.15) is 0 Å². The van der Waals surface area contributed by atoms with Crippen molar-refractivity contribution in [3.8, 4) is 0 Å². The fraction of sp³-hybridized carbons (Fsp3) is 0.231. The van der Waals surface area contributed by atoms with E-state index >= 15 is 0 Å². The van der Waals surface area contributed by atoms with Crippen LogP contribution in [-0.4, -0.2) is 0 Å². The fourth-order valence-electron chi connectivity index (χ4n) is 2.17. The highest BCUT2D eigenvalue weighted by atomic mass is 14.9. The van der Waals surface area contributed by atoms with Crippen molar-refractivity contribution < 1.29 is 0 Å². The Labute approximate surface area is 84.1 Å². The van der Waals surface area contributed by atoms with Crippen molar-refractivity contribution >= 4 is 5.69 Å². The number of hydrogen-bond acceptors (Lipinski definition) is 1. The predicted molar refractivity (Wildman–Crippen MR) is 59.2 cm³/mol. The second-order valence-corrected chi connectivity index (χ2v) is 3.88. The molecule has 0 aromatic heterocycles. The first-order valence-electron chi connectivity index (χ1n) is 5.18. The summed E-state index contributed by atoms with van der Waals surface area (Å²) < 4.78 is 0. The van der Waals surface area contributed by atoms with Gasteiger partial charge < -0.3 is 5.32 Å². The highest BCUT2D eigenvalue weighted by molar-refractivity contribution is 5.64. The van der Waals surface area contributed by atoms with Gasteiger partial charge >= 0.3 is 0 Å². The third-order valence-corrected chi connectivity index (χ3v) is 2.92. The minimum absolute atomic E-state index is 1.09. The molecule has 14 heavy (non-hydrogen) atoms. The summed E-state index contributed by atoms with van der Waals surface area (Å²) >= 11 is 0. The number of anilines is 1. The highest BCUT2D eigenvalue weighted by Gasteiger charge is 2.17. The summed E-state index contributed by atoms with van der Waals surface area (Å²) in [4.78, 5) is 0. The van der Waals surface area contributed by atoms with Crippen LogP contribution in [0.1, 0.15) is 18.4 Å². The van der Waals surface area contributed by atoms with Crippen molar-refractivity contribution in [2.24, 2.45) is 0 Å². The second kappa shape index (κ2) is 3.02. The molecular weight excluding hydrogens is 170 g/mol. The molecule has 0 bridgehead atoms. The van der Waals surface area contributed by atoms with Crippen molar-refractivity contribution in [1.29, 1.82) is 0 Å². The summed E-state index contributed by atoms with van der Waals surface area (Å²) in [5, 5.41) is 3.49. The smallest absolute Gasteiger partial charge is 0.0420 e. The number of benzene rings is 1. The lowest BCUT2D eigenvalue weighted by molar-refractivity contribution is 0.951. The minimum Gasteiger partial charge on any atom is -0.355 e. The zero-order valence-electron chi connectivity index (χ0n) is 8.09. The van der Waals surface area contributed by atoms with E-state index in [-0.39, 0.29) is 0 Å². The van der Waals surface area contributed by atoms with E-state index in [9.17, 15) is 0 Å². The van der Waals surface area contributed by atoms with Crippen LogP contribution in [0.15, 0.2) is 47.7 Å². The first-order valence-corrected chi connectivity index (χ1v) is 5.18. The highest BCUT2D eigenvalue weighted by Crippen LogP contribution is 2.32. The molecule has 1 heterocycles. The Hall–Kier alpha value is -1.50. The Morgan fingerprint density at radius 1 is 1.00 bits per heavy atom. The lowest BCUT2D eigenvalue weighted by Crippen LogP contribution is -2.14. The largest absolute Gasteiger partial charge is 0.355 e. The van der Waals surface area contributed by atoms with Crippen LogP contribution in [0.25, 0.3) is 0 Å². The van der Waals surface area contributed by atoms with E-state index in [1.807, 2.05) is 0 Å². The van der Waals surface area contributed by atoms with E-state index in [4.69, 9.17) is 0 Å². The summed E-state index contributed by atoms with van der Waals surface area (Å²) in [5.41, 5.74) is 5.49. The maximum absolute atomic E-state index is 3.49. The van der Waals surface area contributed by atoms with Crippen molar-refractivity contribution in [2.45, 2.75) is 19.3 Å². The topological polar surface area (TPSA) is 12.0 Å². The van der Waals surface area contributed by atoms with E-state index in [2.05, 4.69) is 41.7 Å². The van der Waals surface area contributed by atoms with Crippen LogP contribution in [0.3, 0.4) is 0 Å². The molecular formula is C13H13N. The van der Waals surface area contributed by atoms with Crippen LogP contribution < -0.4 is 5.32 Å². The van der Waals surface area contributed by atoms with Crippen LogP contribution in [0.2, 0.25) is 0 Å². The van der Waals surface area contributed by atoms with Gasteiger partial charge in [-0.1, -0.05) is 30.4 Å². The third-order valence-electron chi connectivity index (χ3n) is 2.92. The molecule has 3 rings (SSSR count). The SMILES string of the molecule is C1=C2Cc3ccccc3NC2=CCC1. The first kappa shape index (κ1) is 7.86. The number of para-hydroxylation sites is 1. The van der Waals surface area contributed by atoms with Gasteiger partial charge in [-0.05, 0) is 30.0 Å². The Morgan fingerprint density at radius 2 is 1.86 bits per heavy atom. The maximum atomic E-state index is 3.49. The molecule has 1 heteroatoms. The molecule has 0 amide bonds. The van der Waals surface area contributed by atoms with E-state index in [0.717, 1.165) is 6.42 Å². The summed E-state index contributed by atoms with van der Waals surface area (Å²) in [6, 6.07) is 8.55. The fourth-order valence-corrected chi connectivity index (χ4v) is 2.17. The molecule has 1 N–H and O–H groups in total. The molecule has 1 aromatic carbocycles. The van der Waals surface area contributed by atoms with Gasteiger partial charge in [-0.25, -0.2) is 0 Å². The van der Waals surface area contributed by atoms with Crippen molar-refractivity contribution in [3.63, 3.8) is 0 Å². The summed E-state index contributed by atoms with van der Waals surface area (Å²) in [6.45, 7) is 0. The van der Waals surface area contributed by atoms with Crippen LogP contribution in [0.5, 0.6) is 0 Å². The standard InChI is InChI=1S/C13H13N/c1-3-7-12-10(5-1)9-11-6-2-4-8-13(11)14-12/h1,3,5-8,14H,2,4,9H2. The van der Waals surface area contributed by atoms with Crippen LogP contribution >= 0.6 is 0 Å². The average molecular weight is 183 g/mol. The number of allylic oxidation sites excluding steroid dienone is 3. The summed E-state index contributed by atoms with van der Waals surface area (Å²) in [6.07, 6.45) is 8.13. The molecule has 0 radical (unpaired) electrons. The van der Waals surface area contributed by atoms with Gasteiger partial charge in [-0.3, -0.25) is 0 Å². The van der Waals surface area contributed by atoms with Gasteiger partial charge in [0, 0.05) is 17.8 Å². The molecule has 0 unspecified atom stereocenters. The Bertz CT molecular complexity index is 386. The zero-order valence-corrected chi connectivity index (χ0v) is 8.09. The van der Waals surface area contributed by atoms with Crippen LogP contribution in [-0.2, 0) is 6.42 Å². The molecule has 1 aliphatic carbocycles. The first-order chi connectivity index (χ1) is 6.93. The zero-order chi connectivity index (χ0) is 9.38. The van der Waals surface area contributed by atoms with Crippen molar-refractivity contribution in [1.82, 2.24) is 0 Å². The lowest BCUT2D eigenvalue weighted by Gasteiger charge is -2.25. The molecule has 0 saturated carbocycles. The van der Waals surface area contributed by atoms with Crippen LogP contribution in [0, 0.1) is 0 Å². The maximum Gasteiger partial charge on any atom is 0.0420 e. The van der Waals surface area contributed by atoms with Gasteiger partial charge in [0.25, 0.3) is 0 Å². The molecule has 0 saturated heterocycles. The molecule has 0 atom stereocenters. The van der Waals surface area contributed by atoms with Gasteiger partial charge in [0.2, 0.25) is 0 Å². The molecule has 0 fully saturated rings. The number of fused-ring (bicyclic) bond motifs is 2. The number of nitrogens with one attached hydrogen (secondary N) is 1. The minimum atomic E-state index is 1.09. The van der Waals surface area contributed by atoms with Crippen molar-refractivity contribution in [2.75, 3.05) is 5.32 Å². The predicted octanol–water partition coefficient (Wildman–Crippen LogP) is 3.26. The number of hydrogen-bond donors (Lipinski definition) is 1. The summed E-state index contributed by atoms with van der Waals surface area (Å²) in [7, 11) is 0. The van der Waals surface area contributed by atoms with E-state index in [0.29, 0.717) is 0 Å². The Balaban J connectivity index is 2.07. The van der Waals surface area contributed by atoms with E-state index < -0.39 is 0 Å². The monoisotopic (exact) mass is 183 g/mol. The molecule has 1 aromatic rings. The average Bonchev–Trinajstić information content (AvgIpc) is 2.26. The van der Waals surface area contributed by atoms with Gasteiger partial charge in [0.05, 0.1) is 0 Å². The number of rotatable bonds is 0. The van der Waals surface area contributed by atoms with Gasteiger partial charge in [0.15, 0.2) is 0 Å². The van der Waals surface area contributed by atoms with Gasteiger partial charge in [-0.15, -0.1) is 0 Å².